The molecule has 0 spiro atoms. The maximum Gasteiger partial charge on any atom is 0.0610 e. The normalized spacial score (nSPS) is 22.6. The Morgan fingerprint density at radius 3 is 2.60 bits per heavy atom. The lowest BCUT2D eigenvalue weighted by Crippen LogP contribution is -2.48. The Bertz CT molecular complexity index is 169. The standard InChI is InChI=1S/C12H25NO2/c1-3-6-12(2,10-14)13-9-11-4-7-15-8-5-11/h11,13-14H,3-10H2,1-2H3. The third-order valence-corrected chi connectivity index (χ3v) is 3.31. The molecule has 1 fully saturated rings. The van der Waals surface area contributed by atoms with E-state index >= 15 is 0 Å². The van der Waals surface area contributed by atoms with Gasteiger partial charge in [-0.3, -0.25) is 0 Å². The molecule has 1 rings (SSSR count). The van der Waals surface area contributed by atoms with Crippen molar-refractivity contribution in [3.8, 4) is 0 Å². The first-order chi connectivity index (χ1) is 7.20. The van der Waals surface area contributed by atoms with E-state index in [1.807, 2.05) is 0 Å². The van der Waals surface area contributed by atoms with Crippen LogP contribution >= 0.6 is 0 Å². The van der Waals surface area contributed by atoms with Crippen LogP contribution < -0.4 is 5.32 Å². The summed E-state index contributed by atoms with van der Waals surface area (Å²) in [6, 6.07) is 0. The molecule has 1 aliphatic heterocycles. The predicted molar refractivity (Wildman–Crippen MR) is 61.9 cm³/mol. The summed E-state index contributed by atoms with van der Waals surface area (Å²) >= 11 is 0. The van der Waals surface area contributed by atoms with Gasteiger partial charge in [0.15, 0.2) is 0 Å². The van der Waals surface area contributed by atoms with Crippen LogP contribution in [-0.4, -0.2) is 37.0 Å². The molecule has 0 aliphatic carbocycles. The summed E-state index contributed by atoms with van der Waals surface area (Å²) in [6.07, 6.45) is 4.45. The molecule has 0 amide bonds. The van der Waals surface area contributed by atoms with Crippen LogP contribution in [0.2, 0.25) is 0 Å². The Morgan fingerprint density at radius 2 is 2.07 bits per heavy atom. The van der Waals surface area contributed by atoms with Gasteiger partial charge in [-0.15, -0.1) is 0 Å². The molecule has 2 N–H and O–H groups in total. The molecule has 0 bridgehead atoms. The van der Waals surface area contributed by atoms with Crippen molar-refractivity contribution in [2.75, 3.05) is 26.4 Å². The highest BCUT2D eigenvalue weighted by Crippen LogP contribution is 2.17. The minimum atomic E-state index is -0.0902. The van der Waals surface area contributed by atoms with Crippen LogP contribution in [0.1, 0.15) is 39.5 Å². The molecule has 3 heteroatoms. The minimum Gasteiger partial charge on any atom is -0.394 e. The fourth-order valence-corrected chi connectivity index (χ4v) is 2.12. The van der Waals surface area contributed by atoms with E-state index in [4.69, 9.17) is 4.74 Å². The van der Waals surface area contributed by atoms with Crippen molar-refractivity contribution in [2.24, 2.45) is 5.92 Å². The van der Waals surface area contributed by atoms with Gasteiger partial charge in [0, 0.05) is 18.8 Å². The average Bonchev–Trinajstić information content (AvgIpc) is 2.28. The van der Waals surface area contributed by atoms with Crippen LogP contribution in [0.3, 0.4) is 0 Å². The summed E-state index contributed by atoms with van der Waals surface area (Å²) in [7, 11) is 0. The highest BCUT2D eigenvalue weighted by atomic mass is 16.5. The maximum absolute atomic E-state index is 9.36. The van der Waals surface area contributed by atoms with Crippen molar-refractivity contribution < 1.29 is 9.84 Å². The first kappa shape index (κ1) is 12.9. The van der Waals surface area contributed by atoms with Gasteiger partial charge in [-0.1, -0.05) is 13.3 Å². The van der Waals surface area contributed by atoms with E-state index in [9.17, 15) is 5.11 Å². The van der Waals surface area contributed by atoms with Crippen molar-refractivity contribution in [3.63, 3.8) is 0 Å². The summed E-state index contributed by atoms with van der Waals surface area (Å²) in [6.45, 7) is 7.30. The molecule has 3 nitrogen and oxygen atoms in total. The lowest BCUT2D eigenvalue weighted by atomic mass is 9.94. The van der Waals surface area contributed by atoms with Gasteiger partial charge in [0.25, 0.3) is 0 Å². The highest BCUT2D eigenvalue weighted by molar-refractivity contribution is 4.83. The van der Waals surface area contributed by atoms with Crippen LogP contribution in [0.15, 0.2) is 0 Å². The monoisotopic (exact) mass is 215 g/mol. The van der Waals surface area contributed by atoms with Crippen molar-refractivity contribution in [2.45, 2.75) is 45.1 Å². The number of rotatable bonds is 6. The van der Waals surface area contributed by atoms with Crippen LogP contribution in [0, 0.1) is 5.92 Å². The van der Waals surface area contributed by atoms with Crippen molar-refractivity contribution in [3.05, 3.63) is 0 Å². The second-order valence-corrected chi connectivity index (χ2v) is 4.91. The van der Waals surface area contributed by atoms with Gasteiger partial charge >= 0.3 is 0 Å². The van der Waals surface area contributed by atoms with Crippen molar-refractivity contribution in [1.82, 2.24) is 5.32 Å². The Hall–Kier alpha value is -0.120. The number of nitrogens with one attached hydrogen (secondary N) is 1. The number of aliphatic hydroxyl groups is 1. The number of hydrogen-bond acceptors (Lipinski definition) is 3. The second-order valence-electron chi connectivity index (χ2n) is 4.91. The van der Waals surface area contributed by atoms with Crippen LogP contribution in [-0.2, 0) is 4.74 Å². The van der Waals surface area contributed by atoms with Gasteiger partial charge in [-0.05, 0) is 38.6 Å². The fourth-order valence-electron chi connectivity index (χ4n) is 2.12. The first-order valence-corrected chi connectivity index (χ1v) is 6.14. The van der Waals surface area contributed by atoms with Gasteiger partial charge in [-0.25, -0.2) is 0 Å². The van der Waals surface area contributed by atoms with Crippen molar-refractivity contribution >= 4 is 0 Å². The highest BCUT2D eigenvalue weighted by Gasteiger charge is 2.23. The summed E-state index contributed by atoms with van der Waals surface area (Å²) in [5.41, 5.74) is -0.0902. The molecular weight excluding hydrogens is 190 g/mol. The summed E-state index contributed by atoms with van der Waals surface area (Å²) in [4.78, 5) is 0. The predicted octanol–water partition coefficient (Wildman–Crippen LogP) is 1.55. The van der Waals surface area contributed by atoms with Gasteiger partial charge < -0.3 is 15.2 Å². The molecule has 0 aromatic heterocycles. The summed E-state index contributed by atoms with van der Waals surface area (Å²) in [5, 5.41) is 12.9. The molecular formula is C12H25NO2. The number of ether oxygens (including phenoxy) is 1. The topological polar surface area (TPSA) is 41.5 Å². The van der Waals surface area contributed by atoms with E-state index in [-0.39, 0.29) is 12.1 Å². The lowest BCUT2D eigenvalue weighted by molar-refractivity contribution is 0.0605. The molecule has 1 saturated heterocycles. The van der Waals surface area contributed by atoms with E-state index in [0.717, 1.165) is 51.4 Å². The van der Waals surface area contributed by atoms with Gasteiger partial charge in [0.1, 0.15) is 0 Å². The third-order valence-electron chi connectivity index (χ3n) is 3.31. The molecule has 0 saturated carbocycles. The molecule has 1 unspecified atom stereocenters. The van der Waals surface area contributed by atoms with Crippen LogP contribution in [0.4, 0.5) is 0 Å². The molecule has 0 radical (unpaired) electrons. The Labute approximate surface area is 93.2 Å². The zero-order chi connectivity index (χ0) is 11.1. The lowest BCUT2D eigenvalue weighted by Gasteiger charge is -2.32. The zero-order valence-corrected chi connectivity index (χ0v) is 10.1. The van der Waals surface area contributed by atoms with E-state index in [1.54, 1.807) is 0 Å². The number of hydrogen-bond donors (Lipinski definition) is 2. The van der Waals surface area contributed by atoms with E-state index in [1.165, 1.54) is 0 Å². The van der Waals surface area contributed by atoms with Crippen LogP contribution in [0.25, 0.3) is 0 Å². The largest absolute Gasteiger partial charge is 0.394 e. The smallest absolute Gasteiger partial charge is 0.0610 e. The van der Waals surface area contributed by atoms with Gasteiger partial charge in [-0.2, -0.15) is 0 Å². The Kier molecular flexibility index (Phi) is 5.58. The van der Waals surface area contributed by atoms with Crippen LogP contribution in [0.5, 0.6) is 0 Å². The maximum atomic E-state index is 9.36. The summed E-state index contributed by atoms with van der Waals surface area (Å²) in [5.74, 6) is 0.724. The molecule has 0 aromatic rings. The SMILES string of the molecule is CCCC(C)(CO)NCC1CCOCC1. The first-order valence-electron chi connectivity index (χ1n) is 6.14. The second kappa shape index (κ2) is 6.46. The zero-order valence-electron chi connectivity index (χ0n) is 10.1. The fraction of sp³-hybridized carbons (Fsp3) is 1.00. The molecule has 15 heavy (non-hydrogen) atoms. The van der Waals surface area contributed by atoms with E-state index in [0.29, 0.717) is 0 Å². The Morgan fingerprint density at radius 1 is 1.40 bits per heavy atom. The van der Waals surface area contributed by atoms with Gasteiger partial charge in [0.2, 0.25) is 0 Å². The molecule has 0 aromatic carbocycles. The van der Waals surface area contributed by atoms with E-state index < -0.39 is 0 Å². The quantitative estimate of drug-likeness (QED) is 0.706. The molecule has 90 valence electrons. The van der Waals surface area contributed by atoms with Crippen molar-refractivity contribution in [1.29, 1.82) is 0 Å². The third kappa shape index (κ3) is 4.49. The summed E-state index contributed by atoms with van der Waals surface area (Å²) < 4.78 is 5.33. The Balaban J connectivity index is 2.25. The van der Waals surface area contributed by atoms with Gasteiger partial charge in [0.05, 0.1) is 6.61 Å². The van der Waals surface area contributed by atoms with E-state index in [2.05, 4.69) is 19.2 Å². The molecule has 1 atom stereocenters. The molecule has 1 heterocycles. The minimum absolute atomic E-state index is 0.0902. The average molecular weight is 215 g/mol. The molecule has 1 aliphatic rings. The number of aliphatic hydroxyl groups excluding tert-OH is 1.